The van der Waals surface area contributed by atoms with Gasteiger partial charge in [-0.05, 0) is 36.4 Å². The summed E-state index contributed by atoms with van der Waals surface area (Å²) >= 11 is 0. The molecule has 2 aromatic carbocycles. The summed E-state index contributed by atoms with van der Waals surface area (Å²) in [6.45, 7) is 0. The molecule has 7 heteroatoms. The molecule has 1 N–H and O–H groups in total. The highest BCUT2D eigenvalue weighted by Crippen LogP contribution is 2.27. The molecule has 0 fully saturated rings. The summed E-state index contributed by atoms with van der Waals surface area (Å²) in [6.07, 6.45) is 1.60. The fourth-order valence-corrected chi connectivity index (χ4v) is 3.00. The number of benzene rings is 2. The third kappa shape index (κ3) is 3.29. The van der Waals surface area contributed by atoms with Crippen molar-refractivity contribution in [2.45, 2.75) is 0 Å². The number of nitrogens with zero attached hydrogens (tertiary/aromatic N) is 3. The molecule has 0 spiro atoms. The Morgan fingerprint density at radius 3 is 2.75 bits per heavy atom. The van der Waals surface area contributed by atoms with E-state index in [-0.39, 0.29) is 5.91 Å². The van der Waals surface area contributed by atoms with Gasteiger partial charge in [0.2, 0.25) is 0 Å². The third-order valence-corrected chi connectivity index (χ3v) is 4.40. The van der Waals surface area contributed by atoms with Crippen molar-refractivity contribution in [3.8, 4) is 17.0 Å². The Kier molecular flexibility index (Phi) is 4.49. The zero-order valence-corrected chi connectivity index (χ0v) is 15.3. The highest BCUT2D eigenvalue weighted by Gasteiger charge is 2.17. The van der Waals surface area contributed by atoms with E-state index in [9.17, 15) is 9.18 Å². The van der Waals surface area contributed by atoms with Gasteiger partial charge in [0, 0.05) is 18.3 Å². The number of methoxy groups -OCH3 is 1. The molecule has 6 nitrogen and oxygen atoms in total. The summed E-state index contributed by atoms with van der Waals surface area (Å²) in [7, 11) is 3.35. The molecule has 0 aliphatic heterocycles. The normalized spacial score (nSPS) is 10.8. The molecule has 0 aliphatic carbocycles. The molecule has 2 heterocycles. The quantitative estimate of drug-likeness (QED) is 0.584. The Balaban J connectivity index is 1.81. The zero-order valence-electron chi connectivity index (χ0n) is 15.3. The smallest absolute Gasteiger partial charge is 0.256 e. The van der Waals surface area contributed by atoms with Gasteiger partial charge in [0.15, 0.2) is 5.65 Å². The van der Waals surface area contributed by atoms with Crippen LogP contribution in [0.4, 0.5) is 10.1 Å². The summed E-state index contributed by atoms with van der Waals surface area (Å²) < 4.78 is 20.3. The largest absolute Gasteiger partial charge is 0.497 e. The van der Waals surface area contributed by atoms with Gasteiger partial charge < -0.3 is 10.1 Å². The van der Waals surface area contributed by atoms with Crippen molar-refractivity contribution in [2.75, 3.05) is 12.4 Å². The van der Waals surface area contributed by atoms with E-state index < -0.39 is 5.82 Å². The first-order valence-electron chi connectivity index (χ1n) is 8.59. The lowest BCUT2D eigenvalue weighted by Crippen LogP contribution is -2.13. The molecule has 0 atom stereocenters. The summed E-state index contributed by atoms with van der Waals surface area (Å²) in [6, 6.07) is 14.9. The second-order valence-corrected chi connectivity index (χ2v) is 6.26. The second-order valence-electron chi connectivity index (χ2n) is 6.26. The first kappa shape index (κ1) is 17.7. The lowest BCUT2D eigenvalue weighted by Gasteiger charge is -2.10. The fourth-order valence-electron chi connectivity index (χ4n) is 3.00. The van der Waals surface area contributed by atoms with Crippen molar-refractivity contribution in [1.29, 1.82) is 0 Å². The molecule has 0 bridgehead atoms. The van der Waals surface area contributed by atoms with Crippen LogP contribution < -0.4 is 10.1 Å². The number of ether oxygens (including phenoxy) is 1. The van der Waals surface area contributed by atoms with Gasteiger partial charge in [0.25, 0.3) is 5.91 Å². The van der Waals surface area contributed by atoms with Crippen LogP contribution in [0.5, 0.6) is 5.75 Å². The van der Waals surface area contributed by atoms with Crippen LogP contribution in [0, 0.1) is 5.82 Å². The maximum absolute atomic E-state index is 13.4. The van der Waals surface area contributed by atoms with Crippen LogP contribution in [0.2, 0.25) is 0 Å². The topological polar surface area (TPSA) is 69.0 Å². The lowest BCUT2D eigenvalue weighted by atomic mass is 10.1. The van der Waals surface area contributed by atoms with Crippen molar-refractivity contribution in [3.05, 3.63) is 72.2 Å². The number of halogens is 1. The maximum Gasteiger partial charge on any atom is 0.256 e. The summed E-state index contributed by atoms with van der Waals surface area (Å²) in [5.41, 5.74) is 2.77. The van der Waals surface area contributed by atoms with E-state index in [1.54, 1.807) is 43.2 Å². The SMILES string of the molecule is COc1cccc(-c2cc(C(=O)Nc3cccc(F)c3)c3cnn(C)c3n2)c1. The van der Waals surface area contributed by atoms with Gasteiger partial charge in [-0.3, -0.25) is 9.48 Å². The molecule has 28 heavy (non-hydrogen) atoms. The van der Waals surface area contributed by atoms with Crippen molar-refractivity contribution in [1.82, 2.24) is 14.8 Å². The molecule has 0 unspecified atom stereocenters. The van der Waals surface area contributed by atoms with Crippen LogP contribution in [-0.2, 0) is 7.05 Å². The highest BCUT2D eigenvalue weighted by atomic mass is 19.1. The second kappa shape index (κ2) is 7.11. The third-order valence-electron chi connectivity index (χ3n) is 4.40. The molecular formula is C21H17FN4O2. The molecule has 140 valence electrons. The number of nitrogens with one attached hydrogen (secondary N) is 1. The Labute approximate surface area is 160 Å². The van der Waals surface area contributed by atoms with E-state index >= 15 is 0 Å². The van der Waals surface area contributed by atoms with Crippen LogP contribution in [-0.4, -0.2) is 27.8 Å². The Morgan fingerprint density at radius 2 is 1.96 bits per heavy atom. The Morgan fingerprint density at radius 1 is 1.14 bits per heavy atom. The van der Waals surface area contributed by atoms with Crippen molar-refractivity contribution in [2.24, 2.45) is 7.05 Å². The van der Waals surface area contributed by atoms with Crippen molar-refractivity contribution in [3.63, 3.8) is 0 Å². The lowest BCUT2D eigenvalue weighted by molar-refractivity contribution is 0.102. The molecular weight excluding hydrogens is 359 g/mol. The molecule has 0 radical (unpaired) electrons. The molecule has 4 aromatic rings. The van der Waals surface area contributed by atoms with E-state index in [1.165, 1.54) is 12.1 Å². The standard InChI is InChI=1S/C21H17FN4O2/c1-26-20-18(12-23-26)17(21(27)24-15-7-4-6-14(22)10-15)11-19(25-20)13-5-3-8-16(9-13)28-2/h3-12H,1-2H3,(H,24,27). The van der Waals surface area contributed by atoms with Gasteiger partial charge in [-0.2, -0.15) is 5.10 Å². The molecule has 0 saturated carbocycles. The number of rotatable bonds is 4. The number of carbonyl (C=O) groups is 1. The number of amides is 1. The Hall–Kier alpha value is -3.74. The zero-order chi connectivity index (χ0) is 19.7. The molecule has 2 aromatic heterocycles. The first-order valence-corrected chi connectivity index (χ1v) is 8.59. The minimum Gasteiger partial charge on any atom is -0.497 e. The molecule has 1 amide bonds. The summed E-state index contributed by atoms with van der Waals surface area (Å²) in [5.74, 6) is -0.0959. The van der Waals surface area contributed by atoms with Gasteiger partial charge in [-0.1, -0.05) is 18.2 Å². The average Bonchev–Trinajstić information content (AvgIpc) is 3.08. The number of fused-ring (bicyclic) bond motifs is 1. The predicted molar refractivity (Wildman–Crippen MR) is 105 cm³/mol. The number of aryl methyl sites for hydroxylation is 1. The minimum atomic E-state index is -0.420. The van der Waals surface area contributed by atoms with E-state index in [0.29, 0.717) is 33.7 Å². The first-order chi connectivity index (χ1) is 13.5. The van der Waals surface area contributed by atoms with Crippen molar-refractivity contribution >= 4 is 22.6 Å². The van der Waals surface area contributed by atoms with Crippen LogP contribution in [0.25, 0.3) is 22.3 Å². The Bertz CT molecular complexity index is 1190. The van der Waals surface area contributed by atoms with Crippen LogP contribution in [0.1, 0.15) is 10.4 Å². The monoisotopic (exact) mass is 376 g/mol. The average molecular weight is 376 g/mol. The van der Waals surface area contributed by atoms with Gasteiger partial charge in [-0.15, -0.1) is 0 Å². The predicted octanol–water partition coefficient (Wildman–Crippen LogP) is 4.04. The molecule has 0 aliphatic rings. The van der Waals surface area contributed by atoms with Gasteiger partial charge in [0.05, 0.1) is 30.0 Å². The van der Waals surface area contributed by atoms with E-state index in [4.69, 9.17) is 4.74 Å². The number of anilines is 1. The van der Waals surface area contributed by atoms with Crippen molar-refractivity contribution < 1.29 is 13.9 Å². The molecule has 0 saturated heterocycles. The maximum atomic E-state index is 13.4. The number of hydrogen-bond acceptors (Lipinski definition) is 4. The summed E-state index contributed by atoms with van der Waals surface area (Å²) in [5, 5.41) is 7.57. The minimum absolute atomic E-state index is 0.366. The van der Waals surface area contributed by atoms with Crippen LogP contribution >= 0.6 is 0 Å². The molecule has 4 rings (SSSR count). The van der Waals surface area contributed by atoms with E-state index in [1.807, 2.05) is 24.3 Å². The summed E-state index contributed by atoms with van der Waals surface area (Å²) in [4.78, 5) is 17.6. The number of carbonyl (C=O) groups excluding carboxylic acids is 1. The van der Waals surface area contributed by atoms with Crippen LogP contribution in [0.15, 0.2) is 60.8 Å². The number of pyridine rings is 1. The van der Waals surface area contributed by atoms with Crippen LogP contribution in [0.3, 0.4) is 0 Å². The number of hydrogen-bond donors (Lipinski definition) is 1. The van der Waals surface area contributed by atoms with Gasteiger partial charge in [0.1, 0.15) is 11.6 Å². The van der Waals surface area contributed by atoms with E-state index in [0.717, 1.165) is 5.56 Å². The van der Waals surface area contributed by atoms with Gasteiger partial charge in [-0.25, -0.2) is 9.37 Å². The van der Waals surface area contributed by atoms with Gasteiger partial charge >= 0.3 is 0 Å². The number of aromatic nitrogens is 3. The highest BCUT2D eigenvalue weighted by molar-refractivity contribution is 6.12. The fraction of sp³-hybridized carbons (Fsp3) is 0.0952. The van der Waals surface area contributed by atoms with E-state index in [2.05, 4.69) is 15.4 Å².